The van der Waals surface area contributed by atoms with Gasteiger partial charge < -0.3 is 6.53 Å². The summed E-state index contributed by atoms with van der Waals surface area (Å²) in [6, 6.07) is 3.77. The molecule has 0 spiro atoms. The molecule has 0 aliphatic heterocycles. The Morgan fingerprint density at radius 3 is 2.38 bits per heavy atom. The molecule has 13 heavy (non-hydrogen) atoms. The SMILES string of the molecule is Cc1cc(O)c(C(C)C)cc1Br.[H-].[Na+]. The summed E-state index contributed by atoms with van der Waals surface area (Å²) in [4.78, 5) is 0. The summed E-state index contributed by atoms with van der Waals surface area (Å²) in [5, 5.41) is 9.57. The normalized spacial score (nSPS) is 9.92. The van der Waals surface area contributed by atoms with Crippen LogP contribution in [0.4, 0.5) is 0 Å². The molecule has 0 saturated heterocycles. The van der Waals surface area contributed by atoms with Gasteiger partial charge in [0.2, 0.25) is 0 Å². The fraction of sp³-hybridized carbons (Fsp3) is 0.400. The molecule has 0 bridgehead atoms. The van der Waals surface area contributed by atoms with Gasteiger partial charge in [-0.15, -0.1) is 0 Å². The van der Waals surface area contributed by atoms with E-state index in [0.717, 1.165) is 15.6 Å². The molecule has 1 rings (SSSR count). The Morgan fingerprint density at radius 2 is 1.92 bits per heavy atom. The first-order valence-electron chi connectivity index (χ1n) is 4.01. The van der Waals surface area contributed by atoms with E-state index in [1.165, 1.54) is 0 Å². The predicted molar refractivity (Wildman–Crippen MR) is 55.7 cm³/mol. The summed E-state index contributed by atoms with van der Waals surface area (Å²) in [5.74, 6) is 0.757. The Bertz CT molecular complexity index is 302. The van der Waals surface area contributed by atoms with Gasteiger partial charge in [-0.3, -0.25) is 0 Å². The van der Waals surface area contributed by atoms with E-state index in [1.807, 2.05) is 13.0 Å². The quantitative estimate of drug-likeness (QED) is 0.730. The molecule has 1 aromatic rings. The van der Waals surface area contributed by atoms with Crippen molar-refractivity contribution >= 4 is 15.9 Å². The molecule has 0 unspecified atom stereocenters. The monoisotopic (exact) mass is 252 g/mol. The van der Waals surface area contributed by atoms with Gasteiger partial charge in [-0.2, -0.15) is 0 Å². The van der Waals surface area contributed by atoms with Crippen LogP contribution in [0.15, 0.2) is 16.6 Å². The van der Waals surface area contributed by atoms with Gasteiger partial charge in [-0.1, -0.05) is 29.8 Å². The Hall–Kier alpha value is 0.500. The molecule has 3 heteroatoms. The van der Waals surface area contributed by atoms with E-state index in [1.54, 1.807) is 6.07 Å². The van der Waals surface area contributed by atoms with E-state index in [0.29, 0.717) is 11.7 Å². The van der Waals surface area contributed by atoms with Crippen molar-refractivity contribution in [2.24, 2.45) is 0 Å². The van der Waals surface area contributed by atoms with Gasteiger partial charge in [0.1, 0.15) is 5.75 Å². The van der Waals surface area contributed by atoms with Crippen LogP contribution in [0.25, 0.3) is 0 Å². The van der Waals surface area contributed by atoms with E-state index in [2.05, 4.69) is 29.8 Å². The van der Waals surface area contributed by atoms with Crippen molar-refractivity contribution in [3.05, 3.63) is 27.7 Å². The molecular weight excluding hydrogens is 239 g/mol. The van der Waals surface area contributed by atoms with Crippen LogP contribution in [0.2, 0.25) is 0 Å². The maximum absolute atomic E-state index is 9.57. The van der Waals surface area contributed by atoms with Gasteiger partial charge in [-0.25, -0.2) is 0 Å². The van der Waals surface area contributed by atoms with Crippen LogP contribution in [0.5, 0.6) is 5.75 Å². The van der Waals surface area contributed by atoms with Gasteiger partial charge in [0.25, 0.3) is 0 Å². The number of phenols is 1. The smallest absolute Gasteiger partial charge is 1.00 e. The minimum atomic E-state index is 0. The summed E-state index contributed by atoms with van der Waals surface area (Å²) in [5.41, 5.74) is 2.06. The summed E-state index contributed by atoms with van der Waals surface area (Å²) in [6.07, 6.45) is 0. The average Bonchev–Trinajstić information content (AvgIpc) is 1.96. The van der Waals surface area contributed by atoms with Crippen molar-refractivity contribution in [1.82, 2.24) is 0 Å². The molecule has 0 atom stereocenters. The van der Waals surface area contributed by atoms with E-state index >= 15 is 0 Å². The van der Waals surface area contributed by atoms with Gasteiger partial charge in [0, 0.05) is 4.47 Å². The number of halogens is 1. The summed E-state index contributed by atoms with van der Waals surface area (Å²) in [6.45, 7) is 6.10. The van der Waals surface area contributed by atoms with Crippen molar-refractivity contribution < 1.29 is 36.1 Å². The number of aromatic hydroxyl groups is 1. The maximum atomic E-state index is 9.57. The van der Waals surface area contributed by atoms with E-state index in [4.69, 9.17) is 0 Å². The average molecular weight is 253 g/mol. The third-order valence-electron chi connectivity index (χ3n) is 1.93. The third-order valence-corrected chi connectivity index (χ3v) is 2.78. The Balaban J connectivity index is 0. The molecule has 68 valence electrons. The fourth-order valence-electron chi connectivity index (χ4n) is 1.14. The van der Waals surface area contributed by atoms with Gasteiger partial charge in [0.15, 0.2) is 0 Å². The second-order valence-electron chi connectivity index (χ2n) is 3.31. The van der Waals surface area contributed by atoms with Gasteiger partial charge in [-0.05, 0) is 36.1 Å². The number of hydrogen-bond acceptors (Lipinski definition) is 1. The predicted octanol–water partition coefficient (Wildman–Crippen LogP) is 0.703. The topological polar surface area (TPSA) is 20.2 Å². The van der Waals surface area contributed by atoms with Crippen molar-refractivity contribution in [1.29, 1.82) is 0 Å². The van der Waals surface area contributed by atoms with Gasteiger partial charge in [0.05, 0.1) is 0 Å². The molecule has 1 N–H and O–H groups in total. The molecule has 0 amide bonds. The molecule has 0 aromatic heterocycles. The van der Waals surface area contributed by atoms with Crippen LogP contribution < -0.4 is 29.6 Å². The maximum Gasteiger partial charge on any atom is 1.00 e. The van der Waals surface area contributed by atoms with E-state index in [9.17, 15) is 5.11 Å². The van der Waals surface area contributed by atoms with Crippen LogP contribution in [-0.4, -0.2) is 5.11 Å². The second kappa shape index (κ2) is 5.40. The van der Waals surface area contributed by atoms with Crippen LogP contribution in [-0.2, 0) is 0 Å². The number of hydrogen-bond donors (Lipinski definition) is 1. The summed E-state index contributed by atoms with van der Waals surface area (Å²) >= 11 is 3.44. The molecule has 0 heterocycles. The Labute approximate surface area is 111 Å². The molecule has 0 aliphatic rings. The first-order chi connectivity index (χ1) is 5.52. The van der Waals surface area contributed by atoms with Crippen LogP contribution >= 0.6 is 15.9 Å². The van der Waals surface area contributed by atoms with E-state index in [-0.39, 0.29) is 31.0 Å². The number of aryl methyl sites for hydroxylation is 1. The molecule has 0 saturated carbocycles. The first-order valence-corrected chi connectivity index (χ1v) is 4.80. The second-order valence-corrected chi connectivity index (χ2v) is 4.17. The van der Waals surface area contributed by atoms with Crippen LogP contribution in [0, 0.1) is 6.92 Å². The summed E-state index contributed by atoms with van der Waals surface area (Å²) < 4.78 is 1.06. The first kappa shape index (κ1) is 13.5. The molecule has 0 radical (unpaired) electrons. The van der Waals surface area contributed by atoms with Crippen LogP contribution in [0.1, 0.15) is 32.3 Å². The standard InChI is InChI=1S/C10H13BrO.Na.H/c1-6(2)8-5-9(11)7(3)4-10(8)12;;/h4-6,12H,1-3H3;;/q;+1;-1. The Kier molecular flexibility index (Phi) is 5.61. The van der Waals surface area contributed by atoms with Crippen LogP contribution in [0.3, 0.4) is 0 Å². The number of phenolic OH excluding ortho intramolecular Hbond substituents is 1. The zero-order valence-corrected chi connectivity index (χ0v) is 12.1. The molecule has 1 nitrogen and oxygen atoms in total. The molecule has 0 fully saturated rings. The zero-order valence-electron chi connectivity index (χ0n) is 9.56. The number of benzene rings is 1. The zero-order chi connectivity index (χ0) is 9.30. The van der Waals surface area contributed by atoms with E-state index < -0.39 is 0 Å². The van der Waals surface area contributed by atoms with Gasteiger partial charge >= 0.3 is 29.6 Å². The third kappa shape index (κ3) is 3.28. The molecule has 1 aromatic carbocycles. The number of rotatable bonds is 1. The minimum absolute atomic E-state index is 0. The largest absolute Gasteiger partial charge is 1.00 e. The van der Waals surface area contributed by atoms with Crippen molar-refractivity contribution in [2.75, 3.05) is 0 Å². The molecular formula is C10H14BrNaO. The molecule has 0 aliphatic carbocycles. The van der Waals surface area contributed by atoms with Crippen molar-refractivity contribution in [3.8, 4) is 5.75 Å². The fourth-order valence-corrected chi connectivity index (χ4v) is 1.51. The Morgan fingerprint density at radius 1 is 1.38 bits per heavy atom. The minimum Gasteiger partial charge on any atom is -1.00 e. The van der Waals surface area contributed by atoms with Crippen molar-refractivity contribution in [2.45, 2.75) is 26.7 Å². The van der Waals surface area contributed by atoms with Crippen molar-refractivity contribution in [3.63, 3.8) is 0 Å². The summed E-state index contributed by atoms with van der Waals surface area (Å²) in [7, 11) is 0.